The minimum atomic E-state index is -0.976. The van der Waals surface area contributed by atoms with Crippen LogP contribution in [-0.4, -0.2) is 9.55 Å². The number of aryl methyl sites for hydroxylation is 1. The van der Waals surface area contributed by atoms with Gasteiger partial charge in [-0.2, -0.15) is 0 Å². The largest absolute Gasteiger partial charge is 0.333 e. The van der Waals surface area contributed by atoms with E-state index < -0.39 is 22.9 Å². The molecule has 1 heterocycles. The average Bonchev–Trinajstić information content (AvgIpc) is 2.42. The van der Waals surface area contributed by atoms with Crippen molar-refractivity contribution in [1.82, 2.24) is 9.55 Å². The molecule has 0 radical (unpaired) electrons. The Morgan fingerprint density at radius 3 is 2.52 bits per heavy atom. The van der Waals surface area contributed by atoms with Gasteiger partial charge >= 0.3 is 5.69 Å². The first-order valence-corrected chi connectivity index (χ1v) is 6.19. The van der Waals surface area contributed by atoms with Gasteiger partial charge in [0.2, 0.25) is 0 Å². The molecule has 0 fully saturated rings. The maximum atomic E-state index is 13.7. The van der Waals surface area contributed by atoms with Crippen LogP contribution in [0.25, 0.3) is 16.6 Å². The van der Waals surface area contributed by atoms with Gasteiger partial charge in [0, 0.05) is 6.07 Å². The summed E-state index contributed by atoms with van der Waals surface area (Å²) in [4.78, 5) is 26.8. The topological polar surface area (TPSA) is 54.9 Å². The summed E-state index contributed by atoms with van der Waals surface area (Å²) >= 11 is 0. The van der Waals surface area contributed by atoms with Crippen molar-refractivity contribution in [3.8, 4) is 5.69 Å². The molecule has 0 amide bonds. The maximum absolute atomic E-state index is 13.7. The van der Waals surface area contributed by atoms with Gasteiger partial charge in [-0.25, -0.2) is 18.1 Å². The van der Waals surface area contributed by atoms with Crippen LogP contribution >= 0.6 is 0 Å². The second-order valence-corrected chi connectivity index (χ2v) is 4.67. The zero-order chi connectivity index (χ0) is 15.1. The van der Waals surface area contributed by atoms with Crippen molar-refractivity contribution in [3.63, 3.8) is 0 Å². The van der Waals surface area contributed by atoms with Crippen LogP contribution in [0.4, 0.5) is 8.78 Å². The lowest BCUT2D eigenvalue weighted by molar-refractivity contribution is 0.589. The number of aromatic amines is 1. The zero-order valence-electron chi connectivity index (χ0n) is 11.0. The predicted molar refractivity (Wildman–Crippen MR) is 74.8 cm³/mol. The molecule has 0 aliphatic rings. The van der Waals surface area contributed by atoms with E-state index in [2.05, 4.69) is 4.98 Å². The van der Waals surface area contributed by atoms with E-state index in [9.17, 15) is 18.4 Å². The summed E-state index contributed by atoms with van der Waals surface area (Å²) in [5.74, 6) is -1.85. The molecule has 0 aliphatic heterocycles. The maximum Gasteiger partial charge on any atom is 0.333 e. The van der Waals surface area contributed by atoms with Gasteiger partial charge in [-0.1, -0.05) is 18.2 Å². The molecule has 1 N–H and O–H groups in total. The summed E-state index contributed by atoms with van der Waals surface area (Å²) in [6, 6.07) is 8.29. The summed E-state index contributed by atoms with van der Waals surface area (Å²) < 4.78 is 27.8. The Morgan fingerprint density at radius 1 is 1.10 bits per heavy atom. The first-order chi connectivity index (χ1) is 9.99. The Hall–Kier alpha value is -2.76. The van der Waals surface area contributed by atoms with Crippen LogP contribution in [-0.2, 0) is 0 Å². The Morgan fingerprint density at radius 2 is 1.81 bits per heavy atom. The number of aromatic nitrogens is 2. The van der Waals surface area contributed by atoms with Gasteiger partial charge in [0.1, 0.15) is 5.82 Å². The third-order valence-electron chi connectivity index (χ3n) is 3.28. The van der Waals surface area contributed by atoms with E-state index in [1.54, 1.807) is 31.2 Å². The minimum Gasteiger partial charge on any atom is -0.304 e. The average molecular weight is 288 g/mol. The molecular formula is C15H10F2N2O2. The SMILES string of the molecule is Cc1ccccc1-n1c(=O)[nH]c2c(F)cc(F)cc2c1=O. The molecule has 106 valence electrons. The van der Waals surface area contributed by atoms with E-state index in [0.717, 1.165) is 10.6 Å². The van der Waals surface area contributed by atoms with Crippen LogP contribution < -0.4 is 11.2 Å². The number of nitrogens with one attached hydrogen (secondary N) is 1. The lowest BCUT2D eigenvalue weighted by Crippen LogP contribution is -2.34. The molecule has 2 aromatic carbocycles. The summed E-state index contributed by atoms with van der Waals surface area (Å²) in [6.45, 7) is 1.73. The first-order valence-electron chi connectivity index (χ1n) is 6.19. The van der Waals surface area contributed by atoms with Crippen LogP contribution in [0.2, 0.25) is 0 Å². The van der Waals surface area contributed by atoms with E-state index in [1.807, 2.05) is 0 Å². The summed E-state index contributed by atoms with van der Waals surface area (Å²) in [5, 5.41) is -0.213. The number of para-hydroxylation sites is 1. The fourth-order valence-corrected chi connectivity index (χ4v) is 2.28. The van der Waals surface area contributed by atoms with Crippen molar-refractivity contribution in [2.24, 2.45) is 0 Å². The molecule has 0 spiro atoms. The quantitative estimate of drug-likeness (QED) is 0.746. The van der Waals surface area contributed by atoms with Gasteiger partial charge in [-0.15, -0.1) is 0 Å². The van der Waals surface area contributed by atoms with Crippen molar-refractivity contribution >= 4 is 10.9 Å². The van der Waals surface area contributed by atoms with E-state index in [1.165, 1.54) is 0 Å². The van der Waals surface area contributed by atoms with Crippen LogP contribution in [0.3, 0.4) is 0 Å². The van der Waals surface area contributed by atoms with Crippen LogP contribution in [0.1, 0.15) is 5.56 Å². The monoisotopic (exact) mass is 288 g/mol. The van der Waals surface area contributed by atoms with Crippen LogP contribution in [0, 0.1) is 18.6 Å². The Balaban J connectivity index is 2.49. The highest BCUT2D eigenvalue weighted by Crippen LogP contribution is 2.15. The van der Waals surface area contributed by atoms with Gasteiger partial charge < -0.3 is 4.98 Å². The second kappa shape index (κ2) is 4.66. The molecule has 1 aromatic heterocycles. The second-order valence-electron chi connectivity index (χ2n) is 4.67. The fraction of sp³-hybridized carbons (Fsp3) is 0.0667. The molecule has 0 saturated heterocycles. The van der Waals surface area contributed by atoms with Gasteiger partial charge in [-0.05, 0) is 24.6 Å². The molecule has 3 aromatic rings. The summed E-state index contributed by atoms with van der Waals surface area (Å²) in [5.41, 5.74) is -0.762. The highest BCUT2D eigenvalue weighted by Gasteiger charge is 2.14. The first kappa shape index (κ1) is 13.2. The number of hydrogen-bond acceptors (Lipinski definition) is 2. The number of hydrogen-bond donors (Lipinski definition) is 1. The highest BCUT2D eigenvalue weighted by molar-refractivity contribution is 5.78. The molecule has 6 heteroatoms. The summed E-state index contributed by atoms with van der Waals surface area (Å²) in [7, 11) is 0. The van der Waals surface area contributed by atoms with Gasteiger partial charge in [0.25, 0.3) is 5.56 Å². The molecular weight excluding hydrogens is 278 g/mol. The lowest BCUT2D eigenvalue weighted by Gasteiger charge is -2.09. The molecule has 0 bridgehead atoms. The highest BCUT2D eigenvalue weighted by atomic mass is 19.1. The van der Waals surface area contributed by atoms with Crippen molar-refractivity contribution in [2.75, 3.05) is 0 Å². The van der Waals surface area contributed by atoms with Gasteiger partial charge in [0.15, 0.2) is 5.82 Å². The standard InChI is InChI=1S/C15H10F2N2O2/c1-8-4-2-3-5-12(8)19-14(20)10-6-9(16)7-11(17)13(10)18-15(19)21/h2-7H,1H3,(H,18,21). The van der Waals surface area contributed by atoms with Crippen molar-refractivity contribution in [2.45, 2.75) is 6.92 Å². The molecule has 4 nitrogen and oxygen atoms in total. The number of nitrogens with zero attached hydrogens (tertiary/aromatic N) is 1. The zero-order valence-corrected chi connectivity index (χ0v) is 11.0. The third kappa shape index (κ3) is 2.05. The number of halogens is 2. The molecule has 0 atom stereocenters. The van der Waals surface area contributed by atoms with Crippen molar-refractivity contribution < 1.29 is 8.78 Å². The Kier molecular flexibility index (Phi) is 2.94. The van der Waals surface area contributed by atoms with Gasteiger partial charge in [0.05, 0.1) is 16.6 Å². The molecule has 0 aliphatic carbocycles. The Bertz CT molecular complexity index is 974. The van der Waals surface area contributed by atoms with Crippen molar-refractivity contribution in [3.05, 3.63) is 74.4 Å². The fourth-order valence-electron chi connectivity index (χ4n) is 2.28. The lowest BCUT2D eigenvalue weighted by atomic mass is 10.2. The predicted octanol–water partition coefficient (Wildman–Crippen LogP) is 2.27. The molecule has 0 unspecified atom stereocenters. The minimum absolute atomic E-state index is 0.213. The normalized spacial score (nSPS) is 11.0. The smallest absolute Gasteiger partial charge is 0.304 e. The van der Waals surface area contributed by atoms with E-state index in [4.69, 9.17) is 0 Å². The van der Waals surface area contributed by atoms with E-state index >= 15 is 0 Å². The van der Waals surface area contributed by atoms with Crippen LogP contribution in [0.5, 0.6) is 0 Å². The summed E-state index contributed by atoms with van der Waals surface area (Å²) in [6.07, 6.45) is 0. The third-order valence-corrected chi connectivity index (χ3v) is 3.28. The number of fused-ring (bicyclic) bond motifs is 1. The van der Waals surface area contributed by atoms with Crippen LogP contribution in [0.15, 0.2) is 46.0 Å². The number of rotatable bonds is 1. The molecule has 0 saturated carbocycles. The van der Waals surface area contributed by atoms with E-state index in [-0.39, 0.29) is 10.9 Å². The Labute approximate surface area is 117 Å². The van der Waals surface area contributed by atoms with E-state index in [0.29, 0.717) is 17.3 Å². The molecule has 3 rings (SSSR count). The van der Waals surface area contributed by atoms with Crippen molar-refractivity contribution in [1.29, 1.82) is 0 Å². The molecule has 21 heavy (non-hydrogen) atoms. The number of H-pyrrole nitrogens is 1. The number of benzene rings is 2. The van der Waals surface area contributed by atoms with Gasteiger partial charge in [-0.3, -0.25) is 4.79 Å².